The number of hydrogen-bond donors (Lipinski definition) is 1. The monoisotopic (exact) mass is 351 g/mol. The van der Waals surface area contributed by atoms with E-state index in [0.29, 0.717) is 30.0 Å². The maximum absolute atomic E-state index is 12.4. The fraction of sp³-hybridized carbons (Fsp3) is 0.200. The lowest BCUT2D eigenvalue weighted by Gasteiger charge is -2.12. The van der Waals surface area contributed by atoms with E-state index in [0.717, 1.165) is 11.3 Å². The average Bonchev–Trinajstić information content (AvgIpc) is 3.16. The molecule has 0 radical (unpaired) electrons. The number of benzene rings is 2. The molecule has 0 saturated carbocycles. The molecular formula is C20H21N3O3. The summed E-state index contributed by atoms with van der Waals surface area (Å²) in [5.41, 5.74) is 2.50. The van der Waals surface area contributed by atoms with Gasteiger partial charge in [0.05, 0.1) is 31.7 Å². The quantitative estimate of drug-likeness (QED) is 0.711. The second kappa shape index (κ2) is 8.20. The van der Waals surface area contributed by atoms with Crippen LogP contribution in [-0.4, -0.2) is 36.5 Å². The third-order valence-corrected chi connectivity index (χ3v) is 4.00. The Balaban J connectivity index is 1.60. The van der Waals surface area contributed by atoms with Gasteiger partial charge in [-0.2, -0.15) is 5.10 Å². The van der Waals surface area contributed by atoms with E-state index in [1.54, 1.807) is 25.3 Å². The number of nitrogens with zero attached hydrogens (tertiary/aromatic N) is 2. The minimum Gasteiger partial charge on any atom is -0.493 e. The van der Waals surface area contributed by atoms with Crippen LogP contribution in [0.2, 0.25) is 0 Å². The van der Waals surface area contributed by atoms with E-state index in [2.05, 4.69) is 10.4 Å². The molecule has 6 nitrogen and oxygen atoms in total. The van der Waals surface area contributed by atoms with Gasteiger partial charge in [-0.15, -0.1) is 0 Å². The van der Waals surface area contributed by atoms with E-state index in [1.165, 1.54) is 7.11 Å². The number of aromatic nitrogens is 2. The van der Waals surface area contributed by atoms with Crippen molar-refractivity contribution < 1.29 is 14.3 Å². The number of carbonyl (C=O) groups is 1. The van der Waals surface area contributed by atoms with Gasteiger partial charge in [-0.1, -0.05) is 24.3 Å². The van der Waals surface area contributed by atoms with E-state index >= 15 is 0 Å². The summed E-state index contributed by atoms with van der Waals surface area (Å²) in [6.45, 7) is 0.500. The fourth-order valence-corrected chi connectivity index (χ4v) is 2.69. The van der Waals surface area contributed by atoms with Gasteiger partial charge >= 0.3 is 0 Å². The second-order valence-electron chi connectivity index (χ2n) is 5.68. The molecule has 0 fully saturated rings. The topological polar surface area (TPSA) is 65.4 Å². The molecule has 1 heterocycles. The van der Waals surface area contributed by atoms with Crippen LogP contribution in [0.4, 0.5) is 0 Å². The number of amides is 1. The average molecular weight is 351 g/mol. The van der Waals surface area contributed by atoms with Crippen LogP contribution in [0.1, 0.15) is 15.9 Å². The lowest BCUT2D eigenvalue weighted by molar-refractivity contribution is 0.0950. The van der Waals surface area contributed by atoms with Crippen molar-refractivity contribution in [3.63, 3.8) is 0 Å². The lowest BCUT2D eigenvalue weighted by atomic mass is 10.1. The summed E-state index contributed by atoms with van der Waals surface area (Å²) in [6.07, 6.45) is 4.46. The largest absolute Gasteiger partial charge is 0.493 e. The Morgan fingerprint density at radius 3 is 2.62 bits per heavy atom. The maximum Gasteiger partial charge on any atom is 0.255 e. The highest BCUT2D eigenvalue weighted by Crippen LogP contribution is 2.30. The number of ether oxygens (including phenoxy) is 2. The van der Waals surface area contributed by atoms with Crippen LogP contribution in [0.15, 0.2) is 60.9 Å². The van der Waals surface area contributed by atoms with Crippen molar-refractivity contribution in [3.8, 4) is 17.2 Å². The van der Waals surface area contributed by atoms with Gasteiger partial charge in [0.25, 0.3) is 5.91 Å². The van der Waals surface area contributed by atoms with Crippen LogP contribution >= 0.6 is 0 Å². The smallest absolute Gasteiger partial charge is 0.255 e. The summed E-state index contributed by atoms with van der Waals surface area (Å²) in [5.74, 6) is 0.768. The van der Waals surface area contributed by atoms with Gasteiger partial charge in [0.15, 0.2) is 11.5 Å². The summed E-state index contributed by atoms with van der Waals surface area (Å²) in [4.78, 5) is 12.4. The third kappa shape index (κ3) is 3.85. The van der Waals surface area contributed by atoms with Crippen LogP contribution in [0.25, 0.3) is 5.69 Å². The number of hydrogen-bond acceptors (Lipinski definition) is 4. The summed E-state index contributed by atoms with van der Waals surface area (Å²) in [5, 5.41) is 7.27. The number of para-hydroxylation sites is 2. The Labute approximate surface area is 152 Å². The van der Waals surface area contributed by atoms with Gasteiger partial charge in [-0.05, 0) is 36.2 Å². The first-order valence-electron chi connectivity index (χ1n) is 8.31. The molecule has 1 aromatic heterocycles. The Hall–Kier alpha value is -3.28. The second-order valence-corrected chi connectivity index (χ2v) is 5.68. The normalized spacial score (nSPS) is 10.4. The molecule has 1 amide bonds. The molecule has 26 heavy (non-hydrogen) atoms. The Kier molecular flexibility index (Phi) is 5.53. The van der Waals surface area contributed by atoms with E-state index in [-0.39, 0.29) is 5.91 Å². The summed E-state index contributed by atoms with van der Waals surface area (Å²) < 4.78 is 12.4. The summed E-state index contributed by atoms with van der Waals surface area (Å²) >= 11 is 0. The zero-order valence-electron chi connectivity index (χ0n) is 14.8. The molecule has 0 aliphatic carbocycles. The molecule has 3 aromatic rings. The molecule has 0 atom stereocenters. The molecule has 6 heteroatoms. The fourth-order valence-electron chi connectivity index (χ4n) is 2.69. The Morgan fingerprint density at radius 2 is 1.88 bits per heavy atom. The highest BCUT2D eigenvalue weighted by Gasteiger charge is 2.15. The molecule has 1 N–H and O–H groups in total. The lowest BCUT2D eigenvalue weighted by Crippen LogP contribution is -2.26. The van der Waals surface area contributed by atoms with E-state index in [9.17, 15) is 4.79 Å². The van der Waals surface area contributed by atoms with Gasteiger partial charge < -0.3 is 14.8 Å². The Morgan fingerprint density at radius 1 is 1.08 bits per heavy atom. The predicted octanol–water partition coefficient (Wildman–Crippen LogP) is 2.86. The predicted molar refractivity (Wildman–Crippen MR) is 99.1 cm³/mol. The minimum atomic E-state index is -0.198. The van der Waals surface area contributed by atoms with Crippen molar-refractivity contribution >= 4 is 5.91 Å². The number of methoxy groups -OCH3 is 2. The van der Waals surface area contributed by atoms with Gasteiger partial charge in [-0.25, -0.2) is 4.68 Å². The first-order valence-corrected chi connectivity index (χ1v) is 8.31. The number of rotatable bonds is 7. The molecule has 0 bridgehead atoms. The highest BCUT2D eigenvalue weighted by atomic mass is 16.5. The van der Waals surface area contributed by atoms with E-state index in [4.69, 9.17) is 9.47 Å². The van der Waals surface area contributed by atoms with Crippen LogP contribution in [0.3, 0.4) is 0 Å². The Bertz CT molecular complexity index is 875. The number of carbonyl (C=O) groups excluding carboxylic acids is 1. The van der Waals surface area contributed by atoms with E-state index in [1.807, 2.05) is 47.4 Å². The molecular weight excluding hydrogens is 330 g/mol. The molecule has 3 rings (SSSR count). The van der Waals surface area contributed by atoms with E-state index < -0.39 is 0 Å². The van der Waals surface area contributed by atoms with Gasteiger partial charge in [0.1, 0.15) is 0 Å². The van der Waals surface area contributed by atoms with Crippen molar-refractivity contribution in [1.29, 1.82) is 0 Å². The third-order valence-electron chi connectivity index (χ3n) is 4.00. The van der Waals surface area contributed by atoms with Gasteiger partial charge in [0.2, 0.25) is 0 Å². The molecule has 134 valence electrons. The summed E-state index contributed by atoms with van der Waals surface area (Å²) in [6, 6.07) is 15.1. The van der Waals surface area contributed by atoms with Crippen LogP contribution in [-0.2, 0) is 6.42 Å². The van der Waals surface area contributed by atoms with Crippen molar-refractivity contribution in [2.75, 3.05) is 20.8 Å². The molecule has 0 spiro atoms. The first kappa shape index (κ1) is 17.5. The highest BCUT2D eigenvalue weighted by molar-refractivity contribution is 5.97. The van der Waals surface area contributed by atoms with Crippen molar-refractivity contribution in [3.05, 3.63) is 72.1 Å². The van der Waals surface area contributed by atoms with Crippen LogP contribution < -0.4 is 14.8 Å². The molecule has 0 unspecified atom stereocenters. The van der Waals surface area contributed by atoms with Crippen molar-refractivity contribution in [2.45, 2.75) is 6.42 Å². The van der Waals surface area contributed by atoms with Gasteiger partial charge in [0, 0.05) is 12.7 Å². The molecule has 0 aliphatic rings. The zero-order chi connectivity index (χ0) is 18.4. The van der Waals surface area contributed by atoms with Crippen LogP contribution in [0.5, 0.6) is 11.5 Å². The number of nitrogens with one attached hydrogen (secondary N) is 1. The first-order chi connectivity index (χ1) is 12.7. The SMILES string of the molecule is COc1cccc(C(=O)NCCc2cnn(-c3ccccc3)c2)c1OC. The molecule has 0 aliphatic heterocycles. The van der Waals surface area contributed by atoms with Crippen molar-refractivity contribution in [1.82, 2.24) is 15.1 Å². The van der Waals surface area contributed by atoms with Gasteiger partial charge in [-0.3, -0.25) is 4.79 Å². The standard InChI is InChI=1S/C20H21N3O3/c1-25-18-10-6-9-17(19(18)26-2)20(24)21-12-11-15-13-22-23(14-15)16-7-4-3-5-8-16/h3-10,13-14H,11-12H2,1-2H3,(H,21,24). The molecule has 0 saturated heterocycles. The summed E-state index contributed by atoms with van der Waals surface area (Å²) in [7, 11) is 3.07. The zero-order valence-corrected chi connectivity index (χ0v) is 14.8. The maximum atomic E-state index is 12.4. The molecule has 2 aromatic carbocycles. The van der Waals surface area contributed by atoms with Crippen molar-refractivity contribution in [2.24, 2.45) is 0 Å². The minimum absolute atomic E-state index is 0.198. The van der Waals surface area contributed by atoms with Crippen LogP contribution in [0, 0.1) is 0 Å².